The van der Waals surface area contributed by atoms with Crippen molar-refractivity contribution >= 4 is 11.3 Å². The first-order chi connectivity index (χ1) is 8.31. The van der Waals surface area contributed by atoms with Crippen LogP contribution in [-0.2, 0) is 4.74 Å². The Balaban J connectivity index is 1.75. The highest BCUT2D eigenvalue weighted by atomic mass is 32.1. The summed E-state index contributed by atoms with van der Waals surface area (Å²) < 4.78 is 4.92. The highest BCUT2D eigenvalue weighted by molar-refractivity contribution is 7.10. The van der Waals surface area contributed by atoms with Gasteiger partial charge in [-0.1, -0.05) is 6.07 Å². The van der Waals surface area contributed by atoms with Gasteiger partial charge in [-0.25, -0.2) is 0 Å². The molecule has 96 valence electrons. The molecule has 0 spiro atoms. The van der Waals surface area contributed by atoms with E-state index in [2.05, 4.69) is 22.8 Å². The highest BCUT2D eigenvalue weighted by Gasteiger charge is 2.32. The Bertz CT molecular complexity index is 311. The van der Waals surface area contributed by atoms with Crippen molar-refractivity contribution in [1.82, 2.24) is 5.32 Å². The molecule has 1 heterocycles. The van der Waals surface area contributed by atoms with Crippen LogP contribution >= 0.6 is 11.3 Å². The molecule has 1 saturated carbocycles. The highest BCUT2D eigenvalue weighted by Crippen LogP contribution is 2.42. The summed E-state index contributed by atoms with van der Waals surface area (Å²) in [5.74, 6) is 0.799. The number of hydrogen-bond donors (Lipinski definition) is 2. The van der Waals surface area contributed by atoms with Gasteiger partial charge < -0.3 is 15.2 Å². The largest absolute Gasteiger partial charge is 0.391 e. The number of rotatable bonds is 8. The van der Waals surface area contributed by atoms with E-state index in [0.29, 0.717) is 12.6 Å². The van der Waals surface area contributed by atoms with Crippen LogP contribution in [0.15, 0.2) is 17.5 Å². The molecular formula is C13H21NO2S. The van der Waals surface area contributed by atoms with Crippen molar-refractivity contribution in [1.29, 1.82) is 0 Å². The van der Waals surface area contributed by atoms with Gasteiger partial charge in [-0.3, -0.25) is 0 Å². The zero-order valence-electron chi connectivity index (χ0n) is 10.3. The van der Waals surface area contributed by atoms with Gasteiger partial charge in [0.15, 0.2) is 0 Å². The van der Waals surface area contributed by atoms with Gasteiger partial charge in [-0.2, -0.15) is 0 Å². The molecule has 1 fully saturated rings. The second-order valence-corrected chi connectivity index (χ2v) is 5.66. The summed E-state index contributed by atoms with van der Waals surface area (Å²) in [6, 6.07) is 4.80. The molecule has 17 heavy (non-hydrogen) atoms. The van der Waals surface area contributed by atoms with E-state index in [0.717, 1.165) is 18.9 Å². The number of aliphatic hydroxyl groups is 1. The number of ether oxygens (including phenoxy) is 1. The maximum atomic E-state index is 9.58. The number of hydrogen-bond acceptors (Lipinski definition) is 4. The summed E-state index contributed by atoms with van der Waals surface area (Å²) in [6.07, 6.45) is 3.06. The van der Waals surface area contributed by atoms with E-state index in [4.69, 9.17) is 4.74 Å². The molecule has 4 heteroatoms. The van der Waals surface area contributed by atoms with Crippen LogP contribution in [-0.4, -0.2) is 31.5 Å². The summed E-state index contributed by atoms with van der Waals surface area (Å²) in [7, 11) is 1.62. The predicted molar refractivity (Wildman–Crippen MR) is 70.3 cm³/mol. The fourth-order valence-corrected chi connectivity index (χ4v) is 2.97. The minimum Gasteiger partial charge on any atom is -0.391 e. The predicted octanol–water partition coefficient (Wildman–Crippen LogP) is 2.19. The van der Waals surface area contributed by atoms with Crippen molar-refractivity contribution in [2.45, 2.75) is 31.4 Å². The van der Waals surface area contributed by atoms with E-state index < -0.39 is 0 Å². The van der Waals surface area contributed by atoms with Crippen molar-refractivity contribution in [3.05, 3.63) is 22.4 Å². The monoisotopic (exact) mass is 255 g/mol. The third-order valence-corrected chi connectivity index (χ3v) is 4.10. The topological polar surface area (TPSA) is 41.5 Å². The average molecular weight is 255 g/mol. The van der Waals surface area contributed by atoms with E-state index in [-0.39, 0.29) is 6.10 Å². The van der Waals surface area contributed by atoms with Crippen molar-refractivity contribution in [2.75, 3.05) is 20.3 Å². The second kappa shape index (κ2) is 6.50. The van der Waals surface area contributed by atoms with Gasteiger partial charge >= 0.3 is 0 Å². The first kappa shape index (κ1) is 13.0. The van der Waals surface area contributed by atoms with Crippen molar-refractivity contribution in [3.63, 3.8) is 0 Å². The lowest BCUT2D eigenvalue weighted by atomic mass is 10.1. The Kier molecular flexibility index (Phi) is 4.98. The van der Waals surface area contributed by atoms with E-state index in [9.17, 15) is 5.11 Å². The van der Waals surface area contributed by atoms with E-state index >= 15 is 0 Å². The fraction of sp³-hybridized carbons (Fsp3) is 0.692. The smallest absolute Gasteiger partial charge is 0.0785 e. The molecule has 1 aromatic rings. The SMILES string of the molecule is COCC(O)CCNC(c1cccs1)C1CC1. The Morgan fingerprint density at radius 3 is 3.00 bits per heavy atom. The number of nitrogens with one attached hydrogen (secondary N) is 1. The van der Waals surface area contributed by atoms with Crippen LogP contribution in [0.5, 0.6) is 0 Å². The summed E-state index contributed by atoms with van der Waals surface area (Å²) in [5.41, 5.74) is 0. The molecule has 0 bridgehead atoms. The molecule has 2 unspecified atom stereocenters. The Hall–Kier alpha value is -0.420. The van der Waals surface area contributed by atoms with Gasteiger partial charge in [-0.05, 0) is 43.2 Å². The molecule has 1 aliphatic carbocycles. The lowest BCUT2D eigenvalue weighted by molar-refractivity contribution is 0.0588. The first-order valence-corrected chi connectivity index (χ1v) is 7.13. The van der Waals surface area contributed by atoms with Crippen molar-refractivity contribution < 1.29 is 9.84 Å². The standard InChI is InChI=1S/C13H21NO2S/c1-16-9-11(15)6-7-14-13(10-4-5-10)12-3-2-8-17-12/h2-3,8,10-11,13-15H,4-7,9H2,1H3. The minimum atomic E-state index is -0.351. The third-order valence-electron chi connectivity index (χ3n) is 3.14. The summed E-state index contributed by atoms with van der Waals surface area (Å²) in [6.45, 7) is 1.28. The molecule has 0 amide bonds. The van der Waals surface area contributed by atoms with E-state index in [1.807, 2.05) is 11.3 Å². The molecule has 0 aliphatic heterocycles. The third kappa shape index (κ3) is 4.07. The zero-order valence-corrected chi connectivity index (χ0v) is 11.1. The minimum absolute atomic E-state index is 0.351. The average Bonchev–Trinajstić information content (AvgIpc) is 3.00. The molecule has 3 nitrogen and oxygen atoms in total. The second-order valence-electron chi connectivity index (χ2n) is 4.68. The zero-order chi connectivity index (χ0) is 12.1. The first-order valence-electron chi connectivity index (χ1n) is 6.25. The molecule has 2 atom stereocenters. The molecule has 0 saturated heterocycles. The van der Waals surface area contributed by atoms with Crippen LogP contribution in [0.4, 0.5) is 0 Å². The Morgan fingerprint density at radius 2 is 2.41 bits per heavy atom. The Morgan fingerprint density at radius 1 is 1.59 bits per heavy atom. The van der Waals surface area contributed by atoms with Crippen LogP contribution in [0.1, 0.15) is 30.2 Å². The molecule has 1 aliphatic rings. The normalized spacial score (nSPS) is 19.2. The van der Waals surface area contributed by atoms with Crippen LogP contribution in [0.3, 0.4) is 0 Å². The maximum Gasteiger partial charge on any atom is 0.0785 e. The van der Waals surface area contributed by atoms with Gasteiger partial charge in [0, 0.05) is 18.0 Å². The number of thiophene rings is 1. The fourth-order valence-electron chi connectivity index (χ4n) is 2.08. The van der Waals surface area contributed by atoms with Crippen LogP contribution in [0.2, 0.25) is 0 Å². The van der Waals surface area contributed by atoms with E-state index in [1.54, 1.807) is 7.11 Å². The van der Waals surface area contributed by atoms with Gasteiger partial charge in [-0.15, -0.1) is 11.3 Å². The number of aliphatic hydroxyl groups excluding tert-OH is 1. The summed E-state index contributed by atoms with van der Waals surface area (Å²) >= 11 is 1.82. The summed E-state index contributed by atoms with van der Waals surface area (Å²) in [4.78, 5) is 1.42. The van der Waals surface area contributed by atoms with Crippen molar-refractivity contribution in [3.8, 4) is 0 Å². The molecule has 0 radical (unpaired) electrons. The van der Waals surface area contributed by atoms with Gasteiger partial charge in [0.05, 0.1) is 12.7 Å². The van der Waals surface area contributed by atoms with Gasteiger partial charge in [0.2, 0.25) is 0 Å². The molecule has 2 N–H and O–H groups in total. The van der Waals surface area contributed by atoms with Gasteiger partial charge in [0.1, 0.15) is 0 Å². The molecule has 0 aromatic carbocycles. The van der Waals surface area contributed by atoms with Crippen LogP contribution < -0.4 is 5.32 Å². The molecule has 1 aromatic heterocycles. The van der Waals surface area contributed by atoms with Crippen LogP contribution in [0, 0.1) is 5.92 Å². The Labute approximate surface area is 107 Å². The maximum absolute atomic E-state index is 9.58. The quantitative estimate of drug-likeness (QED) is 0.748. The lowest BCUT2D eigenvalue weighted by Gasteiger charge is -2.18. The lowest BCUT2D eigenvalue weighted by Crippen LogP contribution is -2.27. The molecule has 2 rings (SSSR count). The van der Waals surface area contributed by atoms with Gasteiger partial charge in [0.25, 0.3) is 0 Å². The van der Waals surface area contributed by atoms with Crippen molar-refractivity contribution in [2.24, 2.45) is 5.92 Å². The van der Waals surface area contributed by atoms with Crippen LogP contribution in [0.25, 0.3) is 0 Å². The summed E-state index contributed by atoms with van der Waals surface area (Å²) in [5, 5.41) is 15.3. The molecular weight excluding hydrogens is 234 g/mol. The van der Waals surface area contributed by atoms with E-state index in [1.165, 1.54) is 17.7 Å². The number of methoxy groups -OCH3 is 1.